The molecule has 1 aromatic rings. The second-order valence-electron chi connectivity index (χ2n) is 4.78. The Bertz CT molecular complexity index is 403. The van der Waals surface area contributed by atoms with Gasteiger partial charge < -0.3 is 5.32 Å². The van der Waals surface area contributed by atoms with E-state index >= 15 is 0 Å². The molecular weight excluding hydrogens is 314 g/mol. The van der Waals surface area contributed by atoms with Gasteiger partial charge in [0.25, 0.3) is 0 Å². The van der Waals surface area contributed by atoms with Crippen LogP contribution in [0.25, 0.3) is 0 Å². The second kappa shape index (κ2) is 6.58. The van der Waals surface area contributed by atoms with Crippen LogP contribution in [-0.2, 0) is 4.79 Å². The Morgan fingerprint density at radius 3 is 2.50 bits per heavy atom. The highest BCUT2D eigenvalue weighted by atomic mass is 79.9. The summed E-state index contributed by atoms with van der Waals surface area (Å²) in [7, 11) is 0. The molecule has 0 aliphatic carbocycles. The van der Waals surface area contributed by atoms with Gasteiger partial charge in [-0.3, -0.25) is 4.79 Å². The maximum atomic E-state index is 11.9. The van der Waals surface area contributed by atoms with Crippen LogP contribution in [0.2, 0.25) is 5.02 Å². The highest BCUT2D eigenvalue weighted by molar-refractivity contribution is 9.10. The SMILES string of the molecule is CCC(C)(Br)CC(=O)NC(C)c1ccc(Cl)cc1. The Hall–Kier alpha value is -0.540. The third kappa shape index (κ3) is 4.99. The molecule has 0 aliphatic heterocycles. The molecule has 0 spiro atoms. The van der Waals surface area contributed by atoms with Crippen molar-refractivity contribution in [1.29, 1.82) is 0 Å². The largest absolute Gasteiger partial charge is 0.350 e. The lowest BCUT2D eigenvalue weighted by molar-refractivity contribution is -0.122. The summed E-state index contributed by atoms with van der Waals surface area (Å²) < 4.78 is -0.128. The molecule has 1 rings (SSSR count). The van der Waals surface area contributed by atoms with Crippen molar-refractivity contribution in [2.45, 2.75) is 44.0 Å². The fourth-order valence-corrected chi connectivity index (χ4v) is 1.97. The molecule has 1 amide bonds. The van der Waals surface area contributed by atoms with Gasteiger partial charge in [-0.15, -0.1) is 0 Å². The highest BCUT2D eigenvalue weighted by Crippen LogP contribution is 2.26. The minimum atomic E-state index is -0.128. The van der Waals surface area contributed by atoms with Crippen LogP contribution < -0.4 is 5.32 Å². The summed E-state index contributed by atoms with van der Waals surface area (Å²) in [5.41, 5.74) is 1.06. The molecule has 100 valence electrons. The van der Waals surface area contributed by atoms with Gasteiger partial charge in [0.05, 0.1) is 6.04 Å². The molecule has 2 atom stereocenters. The minimum Gasteiger partial charge on any atom is -0.350 e. The van der Waals surface area contributed by atoms with Gasteiger partial charge in [-0.1, -0.05) is 46.6 Å². The van der Waals surface area contributed by atoms with Crippen molar-refractivity contribution in [3.05, 3.63) is 34.9 Å². The third-order valence-electron chi connectivity index (χ3n) is 3.01. The second-order valence-corrected chi connectivity index (χ2v) is 7.14. The molecule has 0 heterocycles. The van der Waals surface area contributed by atoms with Crippen LogP contribution in [0.5, 0.6) is 0 Å². The van der Waals surface area contributed by atoms with E-state index in [1.54, 1.807) is 0 Å². The summed E-state index contributed by atoms with van der Waals surface area (Å²) in [6.07, 6.45) is 1.39. The van der Waals surface area contributed by atoms with Crippen molar-refractivity contribution >= 4 is 33.4 Å². The number of amides is 1. The normalized spacial score (nSPS) is 15.8. The van der Waals surface area contributed by atoms with Gasteiger partial charge in [0.1, 0.15) is 0 Å². The van der Waals surface area contributed by atoms with E-state index in [9.17, 15) is 4.79 Å². The maximum absolute atomic E-state index is 11.9. The summed E-state index contributed by atoms with van der Waals surface area (Å²) >= 11 is 9.39. The summed E-state index contributed by atoms with van der Waals surface area (Å²) in [4.78, 5) is 11.9. The average molecular weight is 333 g/mol. The Kier molecular flexibility index (Phi) is 5.67. The van der Waals surface area contributed by atoms with Crippen LogP contribution in [-0.4, -0.2) is 10.2 Å². The molecule has 1 N–H and O–H groups in total. The van der Waals surface area contributed by atoms with Gasteiger partial charge in [0, 0.05) is 15.8 Å². The number of halogens is 2. The number of nitrogens with one attached hydrogen (secondary N) is 1. The molecule has 2 unspecified atom stereocenters. The first kappa shape index (κ1) is 15.5. The number of carbonyl (C=O) groups excluding carboxylic acids is 1. The lowest BCUT2D eigenvalue weighted by Crippen LogP contribution is -2.32. The molecule has 0 fully saturated rings. The molecule has 18 heavy (non-hydrogen) atoms. The summed E-state index contributed by atoms with van der Waals surface area (Å²) in [6.45, 7) is 6.06. The Morgan fingerprint density at radius 2 is 2.00 bits per heavy atom. The van der Waals surface area contributed by atoms with E-state index in [1.807, 2.05) is 38.1 Å². The number of alkyl halides is 1. The van der Waals surface area contributed by atoms with E-state index in [2.05, 4.69) is 28.2 Å². The zero-order valence-electron chi connectivity index (χ0n) is 11.0. The van der Waals surface area contributed by atoms with Crippen molar-refractivity contribution < 1.29 is 4.79 Å². The van der Waals surface area contributed by atoms with E-state index in [1.165, 1.54) is 0 Å². The standard InChI is InChI=1S/C14H19BrClNO/c1-4-14(3,15)9-13(18)17-10(2)11-5-7-12(16)8-6-11/h5-8,10H,4,9H2,1-3H3,(H,17,18). The molecule has 2 nitrogen and oxygen atoms in total. The molecule has 0 saturated carbocycles. The molecule has 1 aromatic carbocycles. The quantitative estimate of drug-likeness (QED) is 0.792. The van der Waals surface area contributed by atoms with Crippen LogP contribution in [0, 0.1) is 0 Å². The zero-order valence-corrected chi connectivity index (χ0v) is 13.3. The lowest BCUT2D eigenvalue weighted by atomic mass is 10.0. The topological polar surface area (TPSA) is 29.1 Å². The Morgan fingerprint density at radius 1 is 1.44 bits per heavy atom. The number of benzene rings is 1. The number of hydrogen-bond acceptors (Lipinski definition) is 1. The Labute approximate surface area is 122 Å². The molecule has 4 heteroatoms. The summed E-state index contributed by atoms with van der Waals surface area (Å²) in [6, 6.07) is 7.52. The number of rotatable bonds is 5. The first-order valence-electron chi connectivity index (χ1n) is 6.08. The van der Waals surface area contributed by atoms with E-state index in [0.717, 1.165) is 12.0 Å². The number of hydrogen-bond donors (Lipinski definition) is 1. The van der Waals surface area contributed by atoms with E-state index in [-0.39, 0.29) is 16.3 Å². The van der Waals surface area contributed by atoms with Crippen molar-refractivity contribution in [1.82, 2.24) is 5.32 Å². The molecule has 0 bridgehead atoms. The fourth-order valence-electron chi connectivity index (χ4n) is 1.59. The van der Waals surface area contributed by atoms with Gasteiger partial charge >= 0.3 is 0 Å². The summed E-state index contributed by atoms with van der Waals surface area (Å²) in [5.74, 6) is 0.0543. The van der Waals surface area contributed by atoms with Crippen molar-refractivity contribution in [3.8, 4) is 0 Å². The van der Waals surface area contributed by atoms with E-state index in [0.29, 0.717) is 11.4 Å². The van der Waals surface area contributed by atoms with Crippen molar-refractivity contribution in [3.63, 3.8) is 0 Å². The van der Waals surface area contributed by atoms with Gasteiger partial charge in [0.15, 0.2) is 0 Å². The third-order valence-corrected chi connectivity index (χ3v) is 4.11. The van der Waals surface area contributed by atoms with Crippen molar-refractivity contribution in [2.75, 3.05) is 0 Å². The molecule has 0 saturated heterocycles. The zero-order chi connectivity index (χ0) is 13.8. The first-order chi connectivity index (χ1) is 8.34. The predicted octanol–water partition coefficient (Wildman–Crippen LogP) is 4.47. The van der Waals surface area contributed by atoms with Crippen LogP contribution in [0.1, 0.15) is 45.2 Å². The summed E-state index contributed by atoms with van der Waals surface area (Å²) in [5, 5.41) is 3.70. The smallest absolute Gasteiger partial charge is 0.221 e. The van der Waals surface area contributed by atoms with Crippen LogP contribution in [0.3, 0.4) is 0 Å². The minimum absolute atomic E-state index is 0.00470. The number of carbonyl (C=O) groups is 1. The maximum Gasteiger partial charge on any atom is 0.221 e. The van der Waals surface area contributed by atoms with Crippen LogP contribution >= 0.6 is 27.5 Å². The predicted molar refractivity (Wildman–Crippen MR) is 80.2 cm³/mol. The van der Waals surface area contributed by atoms with Gasteiger partial charge in [-0.05, 0) is 38.0 Å². The highest BCUT2D eigenvalue weighted by Gasteiger charge is 2.22. The van der Waals surface area contributed by atoms with Gasteiger partial charge in [-0.25, -0.2) is 0 Å². The molecule has 0 aromatic heterocycles. The van der Waals surface area contributed by atoms with E-state index in [4.69, 9.17) is 11.6 Å². The first-order valence-corrected chi connectivity index (χ1v) is 7.25. The average Bonchev–Trinajstić information content (AvgIpc) is 2.29. The van der Waals surface area contributed by atoms with Crippen LogP contribution in [0.4, 0.5) is 0 Å². The molecule has 0 aliphatic rings. The van der Waals surface area contributed by atoms with E-state index < -0.39 is 0 Å². The lowest BCUT2D eigenvalue weighted by Gasteiger charge is -2.21. The van der Waals surface area contributed by atoms with Crippen LogP contribution in [0.15, 0.2) is 24.3 Å². The molecular formula is C14H19BrClNO. The fraction of sp³-hybridized carbons (Fsp3) is 0.500. The molecule has 0 radical (unpaired) electrons. The monoisotopic (exact) mass is 331 g/mol. The Balaban J connectivity index is 2.57. The van der Waals surface area contributed by atoms with Gasteiger partial charge in [0.2, 0.25) is 5.91 Å². The van der Waals surface area contributed by atoms with Crippen molar-refractivity contribution in [2.24, 2.45) is 0 Å². The van der Waals surface area contributed by atoms with Gasteiger partial charge in [-0.2, -0.15) is 0 Å².